The van der Waals surface area contributed by atoms with Crippen molar-refractivity contribution in [2.24, 2.45) is 11.1 Å². The highest BCUT2D eigenvalue weighted by atomic mass is 19.1. The van der Waals surface area contributed by atoms with Gasteiger partial charge in [0.1, 0.15) is 11.4 Å². The molecule has 0 aromatic heterocycles. The summed E-state index contributed by atoms with van der Waals surface area (Å²) < 4.78 is 13.5. The summed E-state index contributed by atoms with van der Waals surface area (Å²) in [6.45, 7) is 4.57. The molecule has 0 spiro atoms. The minimum atomic E-state index is -1.41. The predicted octanol–water partition coefficient (Wildman–Crippen LogP) is 2.62. The Morgan fingerprint density at radius 3 is 2.57 bits per heavy atom. The van der Waals surface area contributed by atoms with Gasteiger partial charge in [0.15, 0.2) is 0 Å². The second-order valence-electron chi connectivity index (χ2n) is 5.72. The maximum absolute atomic E-state index is 13.5. The van der Waals surface area contributed by atoms with Gasteiger partial charge in [-0.15, -0.1) is 0 Å². The van der Waals surface area contributed by atoms with Gasteiger partial charge >= 0.3 is 5.97 Å². The first kappa shape index (κ1) is 17.1. The Kier molecular flexibility index (Phi) is 5.84. The summed E-state index contributed by atoms with van der Waals surface area (Å²) in [4.78, 5) is 22.9. The van der Waals surface area contributed by atoms with Crippen LogP contribution in [0.2, 0.25) is 0 Å². The van der Waals surface area contributed by atoms with Crippen LogP contribution in [-0.2, 0) is 4.79 Å². The van der Waals surface area contributed by atoms with E-state index in [2.05, 4.69) is 5.32 Å². The average molecular weight is 296 g/mol. The number of rotatable bonds is 7. The largest absolute Gasteiger partial charge is 0.478 e. The number of hydrogen-bond donors (Lipinski definition) is 3. The highest BCUT2D eigenvalue weighted by Gasteiger charge is 2.20. The van der Waals surface area contributed by atoms with E-state index in [1.54, 1.807) is 0 Å². The van der Waals surface area contributed by atoms with Crippen molar-refractivity contribution in [3.63, 3.8) is 0 Å². The molecule has 0 fully saturated rings. The van der Waals surface area contributed by atoms with Crippen LogP contribution in [0.15, 0.2) is 18.2 Å². The van der Waals surface area contributed by atoms with Crippen molar-refractivity contribution in [3.05, 3.63) is 29.6 Å². The number of carboxylic acids is 1. The van der Waals surface area contributed by atoms with Crippen LogP contribution in [0.3, 0.4) is 0 Å². The van der Waals surface area contributed by atoms with Gasteiger partial charge < -0.3 is 16.2 Å². The normalized spacial score (nSPS) is 11.2. The Morgan fingerprint density at radius 1 is 1.33 bits per heavy atom. The van der Waals surface area contributed by atoms with Gasteiger partial charge in [-0.2, -0.15) is 0 Å². The van der Waals surface area contributed by atoms with Crippen molar-refractivity contribution in [1.29, 1.82) is 0 Å². The van der Waals surface area contributed by atoms with E-state index >= 15 is 0 Å². The number of nitrogens with one attached hydrogen (secondary N) is 1. The van der Waals surface area contributed by atoms with Gasteiger partial charge in [-0.1, -0.05) is 19.9 Å². The molecule has 0 radical (unpaired) electrons. The van der Waals surface area contributed by atoms with Gasteiger partial charge in [0.05, 0.1) is 5.69 Å². The second kappa shape index (κ2) is 7.17. The first-order chi connectivity index (χ1) is 9.76. The van der Waals surface area contributed by atoms with E-state index in [1.807, 2.05) is 13.8 Å². The molecule has 0 saturated heterocycles. The number of carboxylic acid groups (broad SMARTS) is 1. The molecule has 1 rings (SSSR count). The number of aromatic carboxylic acids is 1. The van der Waals surface area contributed by atoms with Crippen LogP contribution in [0.25, 0.3) is 0 Å². The monoisotopic (exact) mass is 296 g/mol. The number of benzene rings is 1. The van der Waals surface area contributed by atoms with E-state index in [4.69, 9.17) is 10.8 Å². The van der Waals surface area contributed by atoms with Crippen molar-refractivity contribution in [3.8, 4) is 0 Å². The highest BCUT2D eigenvalue weighted by molar-refractivity contribution is 6.00. The molecule has 0 saturated carbocycles. The summed E-state index contributed by atoms with van der Waals surface area (Å²) in [5, 5.41) is 11.4. The van der Waals surface area contributed by atoms with Crippen LogP contribution >= 0.6 is 0 Å². The summed E-state index contributed by atoms with van der Waals surface area (Å²) in [5.74, 6) is -2.62. The molecule has 0 heterocycles. The van der Waals surface area contributed by atoms with Crippen LogP contribution in [-0.4, -0.2) is 23.5 Å². The third-order valence-corrected chi connectivity index (χ3v) is 3.35. The highest BCUT2D eigenvalue weighted by Crippen LogP contribution is 2.26. The Morgan fingerprint density at radius 2 is 2.00 bits per heavy atom. The van der Waals surface area contributed by atoms with E-state index in [0.717, 1.165) is 12.5 Å². The van der Waals surface area contributed by atoms with E-state index in [0.29, 0.717) is 13.0 Å². The average Bonchev–Trinajstić information content (AvgIpc) is 2.36. The van der Waals surface area contributed by atoms with Crippen LogP contribution in [0.5, 0.6) is 0 Å². The number of halogens is 1. The van der Waals surface area contributed by atoms with Crippen LogP contribution in [0.1, 0.15) is 43.5 Å². The molecular formula is C15H21FN2O3. The van der Waals surface area contributed by atoms with E-state index in [9.17, 15) is 14.0 Å². The van der Waals surface area contributed by atoms with Gasteiger partial charge in [-0.3, -0.25) is 4.79 Å². The minimum absolute atomic E-state index is 0.0240. The topological polar surface area (TPSA) is 92.4 Å². The smallest absolute Gasteiger partial charge is 0.340 e. The van der Waals surface area contributed by atoms with Gasteiger partial charge in [0.2, 0.25) is 5.91 Å². The van der Waals surface area contributed by atoms with Gasteiger partial charge in [-0.05, 0) is 36.9 Å². The Labute approximate surface area is 123 Å². The molecule has 1 aromatic rings. The number of amides is 1. The molecule has 0 atom stereocenters. The summed E-state index contributed by atoms with van der Waals surface area (Å²) in [6, 6.07) is 3.77. The number of carbonyl (C=O) groups is 2. The zero-order valence-corrected chi connectivity index (χ0v) is 12.3. The molecule has 0 aliphatic carbocycles. The predicted molar refractivity (Wildman–Crippen MR) is 78.7 cm³/mol. The van der Waals surface area contributed by atoms with Crippen molar-refractivity contribution >= 4 is 17.6 Å². The molecule has 0 aliphatic rings. The molecule has 21 heavy (non-hydrogen) atoms. The maximum Gasteiger partial charge on any atom is 0.340 e. The lowest BCUT2D eigenvalue weighted by atomic mass is 9.84. The summed E-state index contributed by atoms with van der Waals surface area (Å²) in [6.07, 6.45) is 1.64. The lowest BCUT2D eigenvalue weighted by molar-refractivity contribution is -0.116. The van der Waals surface area contributed by atoms with Crippen LogP contribution in [0, 0.1) is 11.2 Å². The second-order valence-corrected chi connectivity index (χ2v) is 5.72. The third kappa shape index (κ3) is 5.15. The van der Waals surface area contributed by atoms with Gasteiger partial charge in [0, 0.05) is 6.42 Å². The molecule has 1 amide bonds. The molecule has 0 bridgehead atoms. The van der Waals surface area contributed by atoms with E-state index < -0.39 is 17.3 Å². The molecule has 1 aromatic carbocycles. The lowest BCUT2D eigenvalue weighted by Gasteiger charge is -2.23. The van der Waals surface area contributed by atoms with Gasteiger partial charge in [-0.25, -0.2) is 9.18 Å². The number of nitrogens with two attached hydrogens (primary N) is 1. The van der Waals surface area contributed by atoms with Crippen LogP contribution < -0.4 is 11.1 Å². The Balaban J connectivity index is 2.72. The Bertz CT molecular complexity index is 530. The quantitative estimate of drug-likeness (QED) is 0.721. The number of hydrogen-bond acceptors (Lipinski definition) is 3. The molecule has 116 valence electrons. The van der Waals surface area contributed by atoms with Gasteiger partial charge in [0.25, 0.3) is 0 Å². The lowest BCUT2D eigenvalue weighted by Crippen LogP contribution is -2.21. The first-order valence-electron chi connectivity index (χ1n) is 6.78. The van der Waals surface area contributed by atoms with Crippen molar-refractivity contribution in [2.75, 3.05) is 11.9 Å². The minimum Gasteiger partial charge on any atom is -0.478 e. The fourth-order valence-electron chi connectivity index (χ4n) is 2.03. The standard InChI is InChI=1S/C15H21FN2O3/c1-15(2,8-9-17)7-6-12(19)18-11-5-3-4-10(16)13(11)14(20)21/h3-5H,6-9,17H2,1-2H3,(H,18,19)(H,20,21). The molecule has 0 aliphatic heterocycles. The number of carbonyl (C=O) groups excluding carboxylic acids is 1. The Hall–Kier alpha value is -1.95. The van der Waals surface area contributed by atoms with Crippen molar-refractivity contribution < 1.29 is 19.1 Å². The van der Waals surface area contributed by atoms with Crippen LogP contribution in [0.4, 0.5) is 10.1 Å². The SMILES string of the molecule is CC(C)(CCN)CCC(=O)Nc1cccc(F)c1C(=O)O. The summed E-state index contributed by atoms with van der Waals surface area (Å²) >= 11 is 0. The summed E-state index contributed by atoms with van der Waals surface area (Å²) in [5.41, 5.74) is 4.90. The van der Waals surface area contributed by atoms with E-state index in [-0.39, 0.29) is 23.4 Å². The zero-order valence-electron chi connectivity index (χ0n) is 12.3. The van der Waals surface area contributed by atoms with Crippen molar-refractivity contribution in [1.82, 2.24) is 0 Å². The first-order valence-corrected chi connectivity index (χ1v) is 6.78. The number of anilines is 1. The molecule has 5 nitrogen and oxygen atoms in total. The third-order valence-electron chi connectivity index (χ3n) is 3.35. The van der Waals surface area contributed by atoms with Crippen molar-refractivity contribution in [2.45, 2.75) is 33.1 Å². The fraction of sp³-hybridized carbons (Fsp3) is 0.467. The molecule has 4 N–H and O–H groups in total. The summed E-state index contributed by atoms with van der Waals surface area (Å²) in [7, 11) is 0. The maximum atomic E-state index is 13.5. The molecule has 0 unspecified atom stereocenters. The zero-order chi connectivity index (χ0) is 16.0. The molecule has 6 heteroatoms. The molecular weight excluding hydrogens is 275 g/mol. The fourth-order valence-corrected chi connectivity index (χ4v) is 2.03. The van der Waals surface area contributed by atoms with E-state index in [1.165, 1.54) is 12.1 Å².